The maximum absolute atomic E-state index is 12.9. The summed E-state index contributed by atoms with van der Waals surface area (Å²) in [6, 6.07) is 9.34. The molecule has 0 unspecified atom stereocenters. The van der Waals surface area contributed by atoms with Crippen molar-refractivity contribution >= 4 is 11.6 Å². The van der Waals surface area contributed by atoms with E-state index in [0.29, 0.717) is 5.69 Å². The second-order valence-electron chi connectivity index (χ2n) is 4.18. The summed E-state index contributed by atoms with van der Waals surface area (Å²) in [4.78, 5) is 11.7. The van der Waals surface area contributed by atoms with Crippen LogP contribution in [0.4, 0.5) is 10.1 Å². The van der Waals surface area contributed by atoms with Crippen molar-refractivity contribution < 1.29 is 13.6 Å². The number of carbonyl (C=O) groups excluding carboxylic acids is 1. The lowest BCUT2D eigenvalue weighted by molar-refractivity contribution is -0.115. The predicted octanol–water partition coefficient (Wildman–Crippen LogP) is 2.71. The number of furan rings is 1. The number of carbonyl (C=O) groups is 1. The van der Waals surface area contributed by atoms with Crippen molar-refractivity contribution in [3.05, 3.63) is 54.2 Å². The number of nitrogens with one attached hydrogen (secondary N) is 2. The van der Waals surface area contributed by atoms with Crippen LogP contribution in [0.15, 0.2) is 47.1 Å². The highest BCUT2D eigenvalue weighted by Crippen LogP contribution is 2.12. The van der Waals surface area contributed by atoms with Crippen LogP contribution in [0.2, 0.25) is 0 Å². The predicted molar refractivity (Wildman–Crippen MR) is 70.2 cm³/mol. The highest BCUT2D eigenvalue weighted by Gasteiger charge is 2.09. The summed E-state index contributed by atoms with van der Waals surface area (Å²) in [6.07, 6.45) is 1.58. The Hall–Kier alpha value is -2.14. The SMILES string of the molecule is C[C@H](NCC(=O)Nc1cccc(F)c1)c1ccco1. The summed E-state index contributed by atoms with van der Waals surface area (Å²) >= 11 is 0. The largest absolute Gasteiger partial charge is 0.468 e. The van der Waals surface area contributed by atoms with E-state index in [1.165, 1.54) is 12.1 Å². The minimum absolute atomic E-state index is 0.0618. The van der Waals surface area contributed by atoms with Crippen molar-refractivity contribution in [3.8, 4) is 0 Å². The van der Waals surface area contributed by atoms with Crippen molar-refractivity contribution in [1.29, 1.82) is 0 Å². The van der Waals surface area contributed by atoms with Gasteiger partial charge in [0.25, 0.3) is 0 Å². The highest BCUT2D eigenvalue weighted by atomic mass is 19.1. The zero-order valence-electron chi connectivity index (χ0n) is 10.5. The van der Waals surface area contributed by atoms with Crippen LogP contribution in [-0.2, 0) is 4.79 Å². The summed E-state index contributed by atoms with van der Waals surface area (Å²) in [6.45, 7) is 2.02. The topological polar surface area (TPSA) is 54.3 Å². The molecule has 0 spiro atoms. The third kappa shape index (κ3) is 3.93. The molecule has 1 aromatic heterocycles. The van der Waals surface area contributed by atoms with Gasteiger partial charge in [-0.3, -0.25) is 10.1 Å². The fourth-order valence-electron chi connectivity index (χ4n) is 1.66. The van der Waals surface area contributed by atoms with Gasteiger partial charge >= 0.3 is 0 Å². The Morgan fingerprint density at radius 2 is 2.21 bits per heavy atom. The van der Waals surface area contributed by atoms with Crippen LogP contribution in [0.25, 0.3) is 0 Å². The highest BCUT2D eigenvalue weighted by molar-refractivity contribution is 5.92. The Balaban J connectivity index is 1.82. The van der Waals surface area contributed by atoms with Crippen LogP contribution < -0.4 is 10.6 Å². The quantitative estimate of drug-likeness (QED) is 0.871. The molecule has 4 nitrogen and oxygen atoms in total. The van der Waals surface area contributed by atoms with Crippen molar-refractivity contribution in [3.63, 3.8) is 0 Å². The number of amides is 1. The van der Waals surface area contributed by atoms with E-state index >= 15 is 0 Å². The zero-order valence-corrected chi connectivity index (χ0v) is 10.5. The second kappa shape index (κ2) is 6.15. The van der Waals surface area contributed by atoms with Gasteiger partial charge in [0.05, 0.1) is 18.8 Å². The number of rotatable bonds is 5. The molecule has 2 N–H and O–H groups in total. The van der Waals surface area contributed by atoms with Crippen LogP contribution in [0.5, 0.6) is 0 Å². The van der Waals surface area contributed by atoms with Gasteiger partial charge in [0.2, 0.25) is 5.91 Å². The van der Waals surface area contributed by atoms with Gasteiger partial charge in [-0.05, 0) is 37.3 Å². The Morgan fingerprint density at radius 3 is 2.89 bits per heavy atom. The first-order valence-corrected chi connectivity index (χ1v) is 5.97. The van der Waals surface area contributed by atoms with Gasteiger partial charge < -0.3 is 9.73 Å². The number of halogens is 1. The molecular weight excluding hydrogens is 247 g/mol. The Morgan fingerprint density at radius 1 is 1.37 bits per heavy atom. The number of hydrogen-bond donors (Lipinski definition) is 2. The molecule has 5 heteroatoms. The Bertz CT molecular complexity index is 540. The summed E-state index contributed by atoms with van der Waals surface area (Å²) in [5, 5.41) is 5.63. The van der Waals surface area contributed by atoms with Crippen LogP contribution in [0.3, 0.4) is 0 Å². The number of hydrogen-bond acceptors (Lipinski definition) is 3. The Kier molecular flexibility index (Phi) is 4.30. The molecule has 2 aromatic rings. The number of anilines is 1. The summed E-state index contributed by atoms with van der Waals surface area (Å²) in [5.74, 6) is 0.150. The third-order valence-electron chi connectivity index (χ3n) is 2.65. The molecule has 1 amide bonds. The standard InChI is InChI=1S/C14H15FN2O2/c1-10(13-6-3-7-19-13)16-9-14(18)17-12-5-2-4-11(15)8-12/h2-8,10,16H,9H2,1H3,(H,17,18)/t10-/m0/s1. The lowest BCUT2D eigenvalue weighted by Crippen LogP contribution is -2.29. The van der Waals surface area contributed by atoms with Gasteiger partial charge in [0, 0.05) is 5.69 Å². The lowest BCUT2D eigenvalue weighted by atomic mass is 10.2. The van der Waals surface area contributed by atoms with Gasteiger partial charge in [0.15, 0.2) is 0 Å². The molecule has 1 atom stereocenters. The molecule has 2 rings (SSSR count). The smallest absolute Gasteiger partial charge is 0.238 e. The molecule has 0 saturated carbocycles. The zero-order chi connectivity index (χ0) is 13.7. The molecule has 1 aromatic carbocycles. The van der Waals surface area contributed by atoms with Crippen molar-refractivity contribution in [1.82, 2.24) is 5.32 Å². The van der Waals surface area contributed by atoms with Crippen LogP contribution in [0.1, 0.15) is 18.7 Å². The fourth-order valence-corrected chi connectivity index (χ4v) is 1.66. The van der Waals surface area contributed by atoms with Crippen LogP contribution in [0, 0.1) is 5.82 Å². The molecule has 100 valence electrons. The van der Waals surface area contributed by atoms with E-state index in [9.17, 15) is 9.18 Å². The van der Waals surface area contributed by atoms with Gasteiger partial charge in [-0.25, -0.2) is 4.39 Å². The van der Waals surface area contributed by atoms with E-state index in [0.717, 1.165) is 5.76 Å². The molecule has 0 aliphatic heterocycles. The minimum Gasteiger partial charge on any atom is -0.468 e. The van der Waals surface area contributed by atoms with Crippen molar-refractivity contribution in [2.75, 3.05) is 11.9 Å². The maximum atomic E-state index is 12.9. The first kappa shape index (κ1) is 13.3. The molecule has 0 fully saturated rings. The van der Waals surface area contributed by atoms with Crippen LogP contribution >= 0.6 is 0 Å². The third-order valence-corrected chi connectivity index (χ3v) is 2.65. The van der Waals surface area contributed by atoms with Gasteiger partial charge in [-0.1, -0.05) is 6.07 Å². The first-order valence-electron chi connectivity index (χ1n) is 5.97. The number of benzene rings is 1. The summed E-state index contributed by atoms with van der Waals surface area (Å²) < 4.78 is 18.2. The van der Waals surface area contributed by atoms with E-state index < -0.39 is 0 Å². The van der Waals surface area contributed by atoms with E-state index in [1.54, 1.807) is 24.5 Å². The van der Waals surface area contributed by atoms with Crippen molar-refractivity contribution in [2.24, 2.45) is 0 Å². The second-order valence-corrected chi connectivity index (χ2v) is 4.18. The molecule has 1 heterocycles. The molecule has 0 aliphatic rings. The molecule has 0 aliphatic carbocycles. The maximum Gasteiger partial charge on any atom is 0.238 e. The average molecular weight is 262 g/mol. The molecule has 0 saturated heterocycles. The average Bonchev–Trinajstić information content (AvgIpc) is 2.90. The van der Waals surface area contributed by atoms with Gasteiger partial charge in [0.1, 0.15) is 11.6 Å². The lowest BCUT2D eigenvalue weighted by Gasteiger charge is -2.11. The van der Waals surface area contributed by atoms with E-state index in [4.69, 9.17) is 4.42 Å². The molecule has 19 heavy (non-hydrogen) atoms. The van der Waals surface area contributed by atoms with E-state index in [2.05, 4.69) is 10.6 Å². The monoisotopic (exact) mass is 262 g/mol. The van der Waals surface area contributed by atoms with E-state index in [-0.39, 0.29) is 24.3 Å². The van der Waals surface area contributed by atoms with Crippen LogP contribution in [-0.4, -0.2) is 12.5 Å². The van der Waals surface area contributed by atoms with E-state index in [1.807, 2.05) is 13.0 Å². The normalized spacial score (nSPS) is 12.1. The van der Waals surface area contributed by atoms with Gasteiger partial charge in [-0.15, -0.1) is 0 Å². The first-order chi connectivity index (χ1) is 9.15. The summed E-state index contributed by atoms with van der Waals surface area (Å²) in [7, 11) is 0. The molecular formula is C14H15FN2O2. The summed E-state index contributed by atoms with van der Waals surface area (Å²) in [5.41, 5.74) is 0.442. The Labute approximate surface area is 110 Å². The molecule has 0 radical (unpaired) electrons. The van der Waals surface area contributed by atoms with Gasteiger partial charge in [-0.2, -0.15) is 0 Å². The minimum atomic E-state index is -0.380. The fraction of sp³-hybridized carbons (Fsp3) is 0.214. The van der Waals surface area contributed by atoms with Crippen molar-refractivity contribution in [2.45, 2.75) is 13.0 Å². The molecule has 0 bridgehead atoms.